The Balaban J connectivity index is 1.80. The van der Waals surface area contributed by atoms with Crippen molar-refractivity contribution in [3.05, 3.63) is 58.9 Å². The zero-order chi connectivity index (χ0) is 13.2. The Kier molecular flexibility index (Phi) is 3.05. The van der Waals surface area contributed by atoms with E-state index in [1.54, 1.807) is 0 Å². The second-order valence-corrected chi connectivity index (χ2v) is 5.14. The van der Waals surface area contributed by atoms with Gasteiger partial charge in [0.2, 0.25) is 0 Å². The number of hydrogen-bond acceptors (Lipinski definition) is 3. The van der Waals surface area contributed by atoms with Crippen LogP contribution in [0, 0.1) is 6.92 Å². The van der Waals surface area contributed by atoms with Crippen molar-refractivity contribution in [3.63, 3.8) is 0 Å². The van der Waals surface area contributed by atoms with Gasteiger partial charge in [0.05, 0.1) is 5.69 Å². The van der Waals surface area contributed by atoms with Gasteiger partial charge in [0.15, 0.2) is 4.96 Å². The number of carbonyl (C=O) groups excluding carboxylic acids is 1. The highest BCUT2D eigenvalue weighted by Gasteiger charge is 2.16. The lowest BCUT2D eigenvalue weighted by Gasteiger charge is -2.05. The number of thiazole rings is 1. The second kappa shape index (κ2) is 4.85. The van der Waals surface area contributed by atoms with Crippen molar-refractivity contribution in [2.45, 2.75) is 13.5 Å². The molecule has 0 saturated carbocycles. The normalized spacial score (nSPS) is 10.8. The van der Waals surface area contributed by atoms with Gasteiger partial charge in [-0.3, -0.25) is 9.20 Å². The molecule has 4 nitrogen and oxygen atoms in total. The molecule has 0 radical (unpaired) electrons. The summed E-state index contributed by atoms with van der Waals surface area (Å²) in [4.78, 5) is 17.5. The first-order valence-electron chi connectivity index (χ1n) is 6.00. The highest BCUT2D eigenvalue weighted by Crippen LogP contribution is 2.16. The molecule has 3 aromatic rings. The molecule has 96 valence electrons. The zero-order valence-corrected chi connectivity index (χ0v) is 11.3. The summed E-state index contributed by atoms with van der Waals surface area (Å²) in [6, 6.07) is 9.86. The predicted octanol–water partition coefficient (Wildman–Crippen LogP) is 2.63. The molecule has 0 fully saturated rings. The van der Waals surface area contributed by atoms with Crippen LogP contribution in [0.2, 0.25) is 0 Å². The average molecular weight is 271 g/mol. The molecule has 0 atom stereocenters. The predicted molar refractivity (Wildman–Crippen MR) is 75.4 cm³/mol. The molecule has 0 bridgehead atoms. The summed E-state index contributed by atoms with van der Waals surface area (Å²) in [5.74, 6) is -0.0905. The molecule has 2 aromatic heterocycles. The van der Waals surface area contributed by atoms with Gasteiger partial charge in [-0.1, -0.05) is 30.3 Å². The van der Waals surface area contributed by atoms with Crippen LogP contribution in [0.25, 0.3) is 4.96 Å². The van der Waals surface area contributed by atoms with E-state index in [0.29, 0.717) is 12.2 Å². The summed E-state index contributed by atoms with van der Waals surface area (Å²) in [6.07, 6.45) is 1.87. The van der Waals surface area contributed by atoms with E-state index < -0.39 is 0 Å². The van der Waals surface area contributed by atoms with Crippen LogP contribution in [0.3, 0.4) is 0 Å². The van der Waals surface area contributed by atoms with Crippen molar-refractivity contribution in [3.8, 4) is 0 Å². The molecule has 0 aliphatic rings. The van der Waals surface area contributed by atoms with Crippen molar-refractivity contribution in [2.75, 3.05) is 0 Å². The zero-order valence-electron chi connectivity index (χ0n) is 10.5. The number of nitrogens with one attached hydrogen (secondary N) is 1. The largest absolute Gasteiger partial charge is 0.347 e. The highest BCUT2D eigenvalue weighted by molar-refractivity contribution is 7.15. The van der Waals surface area contributed by atoms with Gasteiger partial charge < -0.3 is 5.32 Å². The summed E-state index contributed by atoms with van der Waals surface area (Å²) in [5, 5.41) is 4.86. The summed E-state index contributed by atoms with van der Waals surface area (Å²) >= 11 is 1.53. The van der Waals surface area contributed by atoms with Crippen molar-refractivity contribution in [1.82, 2.24) is 14.7 Å². The third-order valence-corrected chi connectivity index (χ3v) is 3.70. The van der Waals surface area contributed by atoms with E-state index in [2.05, 4.69) is 10.3 Å². The third-order valence-electron chi connectivity index (χ3n) is 2.95. The number of carbonyl (C=O) groups is 1. The van der Waals surface area contributed by atoms with Crippen LogP contribution in [0.15, 0.2) is 41.9 Å². The first-order chi connectivity index (χ1) is 9.25. The van der Waals surface area contributed by atoms with E-state index in [0.717, 1.165) is 16.2 Å². The van der Waals surface area contributed by atoms with E-state index in [1.807, 2.05) is 53.2 Å². The van der Waals surface area contributed by atoms with E-state index >= 15 is 0 Å². The molecule has 19 heavy (non-hydrogen) atoms. The van der Waals surface area contributed by atoms with E-state index in [9.17, 15) is 4.79 Å². The number of aryl methyl sites for hydroxylation is 1. The van der Waals surface area contributed by atoms with Crippen LogP contribution in [-0.4, -0.2) is 15.3 Å². The van der Waals surface area contributed by atoms with E-state index in [1.165, 1.54) is 11.3 Å². The molecule has 1 amide bonds. The van der Waals surface area contributed by atoms with Crippen LogP contribution in [0.1, 0.15) is 21.7 Å². The Morgan fingerprint density at radius 3 is 2.95 bits per heavy atom. The molecular formula is C14H13N3OS. The molecule has 0 aliphatic carbocycles. The highest BCUT2D eigenvalue weighted by atomic mass is 32.1. The minimum atomic E-state index is -0.0905. The van der Waals surface area contributed by atoms with Crippen LogP contribution >= 0.6 is 11.3 Å². The molecule has 0 unspecified atom stereocenters. The van der Waals surface area contributed by atoms with Crippen LogP contribution in [-0.2, 0) is 6.54 Å². The maximum atomic E-state index is 12.2. The van der Waals surface area contributed by atoms with Crippen molar-refractivity contribution >= 4 is 22.2 Å². The second-order valence-electron chi connectivity index (χ2n) is 4.27. The van der Waals surface area contributed by atoms with E-state index in [4.69, 9.17) is 0 Å². The number of amides is 1. The Hall–Kier alpha value is -2.14. The molecule has 2 heterocycles. The Morgan fingerprint density at radius 1 is 1.37 bits per heavy atom. The van der Waals surface area contributed by atoms with Gasteiger partial charge in [0, 0.05) is 18.1 Å². The molecular weight excluding hydrogens is 258 g/mol. The molecule has 0 saturated heterocycles. The lowest BCUT2D eigenvalue weighted by molar-refractivity contribution is 0.0944. The van der Waals surface area contributed by atoms with Gasteiger partial charge in [0.1, 0.15) is 5.69 Å². The Labute approximate surface area is 114 Å². The molecule has 0 spiro atoms. The number of aromatic nitrogens is 2. The number of nitrogens with zero attached hydrogens (tertiary/aromatic N) is 2. The van der Waals surface area contributed by atoms with Gasteiger partial charge in [0.25, 0.3) is 5.91 Å². The number of benzene rings is 1. The summed E-state index contributed by atoms with van der Waals surface area (Å²) in [7, 11) is 0. The third kappa shape index (κ3) is 2.24. The van der Waals surface area contributed by atoms with Gasteiger partial charge >= 0.3 is 0 Å². The molecule has 1 N–H and O–H groups in total. The molecule has 1 aromatic carbocycles. The molecule has 3 rings (SSSR count). The van der Waals surface area contributed by atoms with E-state index in [-0.39, 0.29) is 5.91 Å². The lowest BCUT2D eigenvalue weighted by Crippen LogP contribution is -2.24. The minimum absolute atomic E-state index is 0.0905. The average Bonchev–Trinajstić information content (AvgIpc) is 2.97. The molecule has 5 heteroatoms. The maximum Gasteiger partial charge on any atom is 0.270 e. The van der Waals surface area contributed by atoms with Gasteiger partial charge in [-0.2, -0.15) is 0 Å². The lowest BCUT2D eigenvalue weighted by atomic mass is 10.2. The first kappa shape index (κ1) is 11.9. The number of fused-ring (bicyclic) bond motifs is 1. The summed E-state index contributed by atoms with van der Waals surface area (Å²) < 4.78 is 1.83. The van der Waals surface area contributed by atoms with Crippen LogP contribution in [0.5, 0.6) is 0 Å². The maximum absolute atomic E-state index is 12.2. The van der Waals surface area contributed by atoms with Crippen LogP contribution < -0.4 is 5.32 Å². The number of hydrogen-bond donors (Lipinski definition) is 1. The number of imidazole rings is 1. The fraction of sp³-hybridized carbons (Fsp3) is 0.143. The SMILES string of the molecule is Cc1nc2sccn2c1C(=O)NCc1ccccc1. The Morgan fingerprint density at radius 2 is 2.16 bits per heavy atom. The number of rotatable bonds is 3. The first-order valence-corrected chi connectivity index (χ1v) is 6.88. The van der Waals surface area contributed by atoms with Crippen molar-refractivity contribution in [2.24, 2.45) is 0 Å². The summed E-state index contributed by atoms with van der Waals surface area (Å²) in [6.45, 7) is 2.38. The smallest absolute Gasteiger partial charge is 0.270 e. The quantitative estimate of drug-likeness (QED) is 0.796. The van der Waals surface area contributed by atoms with Gasteiger partial charge in [-0.15, -0.1) is 11.3 Å². The van der Waals surface area contributed by atoms with Gasteiger partial charge in [-0.05, 0) is 12.5 Å². The fourth-order valence-corrected chi connectivity index (χ4v) is 2.79. The van der Waals surface area contributed by atoms with Crippen molar-refractivity contribution in [1.29, 1.82) is 0 Å². The Bertz CT molecular complexity index is 715. The molecule has 0 aliphatic heterocycles. The van der Waals surface area contributed by atoms with Crippen molar-refractivity contribution < 1.29 is 4.79 Å². The fourth-order valence-electron chi connectivity index (χ4n) is 2.03. The van der Waals surface area contributed by atoms with Gasteiger partial charge in [-0.25, -0.2) is 4.98 Å². The monoisotopic (exact) mass is 271 g/mol. The van der Waals surface area contributed by atoms with Crippen LogP contribution in [0.4, 0.5) is 0 Å². The summed E-state index contributed by atoms with van der Waals surface area (Å²) in [5.41, 5.74) is 2.46. The standard InChI is InChI=1S/C14H13N3OS/c1-10-12(17-7-8-19-14(17)16-10)13(18)15-9-11-5-3-2-4-6-11/h2-8H,9H2,1H3,(H,15,18). The topological polar surface area (TPSA) is 46.4 Å². The minimum Gasteiger partial charge on any atom is -0.347 e.